The van der Waals surface area contributed by atoms with Crippen LogP contribution in [0.15, 0.2) is 27.8 Å². The van der Waals surface area contributed by atoms with Crippen LogP contribution in [0, 0.1) is 0 Å². The number of hydrogen-bond donors (Lipinski definition) is 4. The van der Waals surface area contributed by atoms with Crippen LogP contribution in [0.4, 0.5) is 0 Å². The van der Waals surface area contributed by atoms with Crippen LogP contribution in [-0.2, 0) is 0 Å². The van der Waals surface area contributed by atoms with Crippen molar-refractivity contribution in [2.75, 3.05) is 0 Å². The van der Waals surface area contributed by atoms with Crippen molar-refractivity contribution in [1.82, 2.24) is 9.97 Å². The predicted octanol–water partition coefficient (Wildman–Crippen LogP) is -0.744. The molecule has 5 N–H and O–H groups in total. The average Bonchev–Trinajstić information content (AvgIpc) is 2.46. The van der Waals surface area contributed by atoms with Gasteiger partial charge in [-0.2, -0.15) is 0 Å². The summed E-state index contributed by atoms with van der Waals surface area (Å²) in [4.78, 5) is 41.8. The van der Waals surface area contributed by atoms with Crippen LogP contribution in [-0.4, -0.2) is 26.2 Å². The predicted molar refractivity (Wildman–Crippen MR) is 78.6 cm³/mol. The lowest BCUT2D eigenvalue weighted by Gasteiger charge is -2.05. The molecule has 0 aliphatic carbocycles. The highest BCUT2D eigenvalue weighted by molar-refractivity contribution is 6.02. The van der Waals surface area contributed by atoms with Crippen LogP contribution in [0.2, 0.25) is 0 Å². The molecule has 0 saturated carbocycles. The molecule has 0 unspecified atom stereocenters. The Kier molecular flexibility index (Phi) is 2.81. The van der Waals surface area contributed by atoms with E-state index < -0.39 is 16.8 Å². The number of aromatic hydroxyl groups is 1. The van der Waals surface area contributed by atoms with E-state index in [1.54, 1.807) is 0 Å². The maximum Gasteiger partial charge on any atom is 0.337 e. The van der Waals surface area contributed by atoms with Crippen LogP contribution in [0.5, 0.6) is 5.75 Å². The Morgan fingerprint density at radius 2 is 1.91 bits per heavy atom. The third-order valence-electron chi connectivity index (χ3n) is 3.29. The topological polar surface area (TPSA) is 146 Å². The molecule has 1 heterocycles. The number of phenols is 1. The number of benzene rings is 2. The van der Waals surface area contributed by atoms with E-state index in [9.17, 15) is 19.5 Å². The number of rotatable bonds is 1. The molecule has 110 valence electrons. The first kappa shape index (κ1) is 13.6. The number of carbonyl (C=O) groups is 1. The van der Waals surface area contributed by atoms with E-state index in [0.29, 0.717) is 0 Å². The van der Waals surface area contributed by atoms with Crippen LogP contribution in [0.25, 0.3) is 28.3 Å². The summed E-state index contributed by atoms with van der Waals surface area (Å²) in [6, 6.07) is 3.15. The highest BCUT2D eigenvalue weighted by atomic mass is 16.4. The summed E-state index contributed by atoms with van der Waals surface area (Å²) in [6.45, 7) is 0. The standard InChI is InChI=1S/C14H9N3O5/c15-4-6-8(19)3-9(20)13-11(6)17-12-7(18)2-1-5(14(21)22)10(12)16-13/h1-4,16,19H,15H2,(H,21,22). The molecule has 0 radical (unpaired) electrons. The SMILES string of the molecule is NC=c1c(O)cc(=O)c2[nH]c3c(C(=O)O)ccc(=O)c3nc12. The molecule has 8 heteroatoms. The van der Waals surface area contributed by atoms with Crippen molar-refractivity contribution in [1.29, 1.82) is 0 Å². The Balaban J connectivity index is 2.69. The molecule has 0 spiro atoms. The number of aromatic amines is 1. The fourth-order valence-electron chi connectivity index (χ4n) is 2.27. The van der Waals surface area contributed by atoms with Crippen LogP contribution >= 0.6 is 0 Å². The number of carboxylic acids is 1. The Labute approximate surface area is 121 Å². The second-order valence-electron chi connectivity index (χ2n) is 4.57. The van der Waals surface area contributed by atoms with Gasteiger partial charge in [0.2, 0.25) is 10.9 Å². The monoisotopic (exact) mass is 299 g/mol. The van der Waals surface area contributed by atoms with Gasteiger partial charge in [-0.1, -0.05) is 0 Å². The van der Waals surface area contributed by atoms with E-state index in [0.717, 1.165) is 24.4 Å². The molecule has 22 heavy (non-hydrogen) atoms. The minimum Gasteiger partial charge on any atom is -0.507 e. The Morgan fingerprint density at radius 1 is 1.18 bits per heavy atom. The fourth-order valence-corrected chi connectivity index (χ4v) is 2.27. The molecule has 0 saturated heterocycles. The van der Waals surface area contributed by atoms with Gasteiger partial charge in [0.1, 0.15) is 22.3 Å². The summed E-state index contributed by atoms with van der Waals surface area (Å²) in [7, 11) is 0. The third-order valence-corrected chi connectivity index (χ3v) is 3.29. The number of nitrogens with two attached hydrogens (primary N) is 1. The first-order valence-electron chi connectivity index (χ1n) is 6.12. The average molecular weight is 299 g/mol. The van der Waals surface area contributed by atoms with Crippen molar-refractivity contribution in [2.45, 2.75) is 0 Å². The van der Waals surface area contributed by atoms with E-state index in [1.807, 2.05) is 0 Å². The van der Waals surface area contributed by atoms with Crippen molar-refractivity contribution >= 4 is 34.2 Å². The molecule has 0 bridgehead atoms. The largest absolute Gasteiger partial charge is 0.507 e. The van der Waals surface area contributed by atoms with E-state index in [1.165, 1.54) is 0 Å². The Morgan fingerprint density at radius 3 is 2.55 bits per heavy atom. The number of carboxylic acid groups (broad SMARTS) is 1. The van der Waals surface area contributed by atoms with Crippen molar-refractivity contribution in [3.05, 3.63) is 49.4 Å². The van der Waals surface area contributed by atoms with E-state index in [-0.39, 0.29) is 38.6 Å². The molecule has 1 aromatic heterocycles. The van der Waals surface area contributed by atoms with Crippen molar-refractivity contribution in [3.63, 3.8) is 0 Å². The number of phenolic OH excluding ortho intramolecular Hbond substituents is 1. The molecule has 0 fully saturated rings. The first-order chi connectivity index (χ1) is 10.4. The van der Waals surface area contributed by atoms with Gasteiger partial charge in [0.05, 0.1) is 16.3 Å². The molecule has 2 aromatic carbocycles. The Bertz CT molecular complexity index is 1120. The van der Waals surface area contributed by atoms with Crippen molar-refractivity contribution < 1.29 is 15.0 Å². The quantitative estimate of drug-likeness (QED) is 0.432. The van der Waals surface area contributed by atoms with Gasteiger partial charge in [-0.25, -0.2) is 9.78 Å². The maximum atomic E-state index is 12.0. The number of hydrogen-bond acceptors (Lipinski definition) is 6. The summed E-state index contributed by atoms with van der Waals surface area (Å²) in [6.07, 6.45) is 1.05. The minimum atomic E-state index is -1.26. The van der Waals surface area contributed by atoms with Crippen LogP contribution < -0.4 is 21.8 Å². The highest BCUT2D eigenvalue weighted by Gasteiger charge is 2.15. The van der Waals surface area contributed by atoms with E-state index >= 15 is 0 Å². The molecule has 0 aliphatic heterocycles. The van der Waals surface area contributed by atoms with E-state index in [4.69, 9.17) is 10.8 Å². The molecule has 3 rings (SSSR count). The maximum absolute atomic E-state index is 12.0. The number of nitrogens with one attached hydrogen (secondary N) is 1. The number of fused-ring (bicyclic) bond motifs is 2. The number of H-pyrrole nitrogens is 1. The number of aromatic carboxylic acids is 1. The zero-order chi connectivity index (χ0) is 16.0. The van der Waals surface area contributed by atoms with Gasteiger partial charge in [0.15, 0.2) is 0 Å². The van der Waals surface area contributed by atoms with E-state index in [2.05, 4.69) is 9.97 Å². The summed E-state index contributed by atoms with van der Waals surface area (Å²) >= 11 is 0. The number of aromatic nitrogens is 2. The van der Waals surface area contributed by atoms with Gasteiger partial charge in [-0.15, -0.1) is 0 Å². The molecule has 0 amide bonds. The first-order valence-corrected chi connectivity index (χ1v) is 6.12. The van der Waals surface area contributed by atoms with Gasteiger partial charge in [0, 0.05) is 12.3 Å². The summed E-state index contributed by atoms with van der Waals surface area (Å²) in [5.41, 5.74) is 3.86. The lowest BCUT2D eigenvalue weighted by molar-refractivity contribution is 0.0699. The summed E-state index contributed by atoms with van der Waals surface area (Å²) in [5, 5.41) is 19.0. The second-order valence-corrected chi connectivity index (χ2v) is 4.57. The lowest BCUT2D eigenvalue weighted by Crippen LogP contribution is -2.18. The van der Waals surface area contributed by atoms with Gasteiger partial charge in [0.25, 0.3) is 0 Å². The number of nitrogens with zero attached hydrogens (tertiary/aromatic N) is 1. The molecule has 8 nitrogen and oxygen atoms in total. The van der Waals surface area contributed by atoms with Gasteiger partial charge in [-0.05, 0) is 12.1 Å². The van der Waals surface area contributed by atoms with Gasteiger partial charge >= 0.3 is 5.97 Å². The summed E-state index contributed by atoms with van der Waals surface area (Å²) < 4.78 is 0. The highest BCUT2D eigenvalue weighted by Crippen LogP contribution is 2.15. The molecule has 3 aromatic rings. The molecule has 0 aliphatic rings. The smallest absolute Gasteiger partial charge is 0.337 e. The normalized spacial score (nSPS) is 12.1. The lowest BCUT2D eigenvalue weighted by atomic mass is 10.1. The van der Waals surface area contributed by atoms with Crippen molar-refractivity contribution in [2.24, 2.45) is 5.73 Å². The van der Waals surface area contributed by atoms with Crippen molar-refractivity contribution in [3.8, 4) is 5.75 Å². The zero-order valence-corrected chi connectivity index (χ0v) is 11.0. The Hall–Kier alpha value is -3.42. The summed E-state index contributed by atoms with van der Waals surface area (Å²) in [5.74, 6) is -1.64. The minimum absolute atomic E-state index is 0.000334. The molecular weight excluding hydrogens is 290 g/mol. The van der Waals surface area contributed by atoms with Gasteiger partial charge < -0.3 is 20.9 Å². The van der Waals surface area contributed by atoms with Crippen LogP contribution in [0.1, 0.15) is 10.4 Å². The molecule has 0 atom stereocenters. The molecular formula is C14H9N3O5. The third kappa shape index (κ3) is 1.78. The van der Waals surface area contributed by atoms with Crippen LogP contribution in [0.3, 0.4) is 0 Å². The zero-order valence-electron chi connectivity index (χ0n) is 11.0. The second kappa shape index (κ2) is 4.55. The van der Waals surface area contributed by atoms with Gasteiger partial charge in [-0.3, -0.25) is 9.59 Å². The fraction of sp³-hybridized carbons (Fsp3) is 0.